The van der Waals surface area contributed by atoms with Crippen LogP contribution in [0.25, 0.3) is 0 Å². The number of pyridine rings is 1. The van der Waals surface area contributed by atoms with E-state index in [4.69, 9.17) is 18.9 Å². The molecule has 0 aliphatic carbocycles. The molecule has 2 aromatic carbocycles. The van der Waals surface area contributed by atoms with Crippen molar-refractivity contribution >= 4 is 12.2 Å². The standard InChI is InChI=1S/C29H32FN3O6/c1-29(2,3)39-28(35)37-25-18-32-24(26(25)38-27(34)33-16-20-6-4-7-21(30)14-20)15-19-9-11-22(12-10-19)36-23-8-5-13-31-17-23/h4-14,17,24-26,32H,15-16,18H2,1-3H3,(H,33,34)/t24-,25?,26+/m1/s1. The number of amides is 1. The van der Waals surface area contributed by atoms with Gasteiger partial charge in [0, 0.05) is 19.3 Å². The van der Waals surface area contributed by atoms with Gasteiger partial charge in [-0.05, 0) is 74.7 Å². The Balaban J connectivity index is 1.41. The number of halogens is 1. The van der Waals surface area contributed by atoms with Gasteiger partial charge in [0.1, 0.15) is 22.9 Å². The zero-order valence-electron chi connectivity index (χ0n) is 22.1. The fraction of sp³-hybridized carbons (Fsp3) is 0.345. The van der Waals surface area contributed by atoms with E-state index in [0.29, 0.717) is 23.5 Å². The number of hydrogen-bond acceptors (Lipinski definition) is 8. The van der Waals surface area contributed by atoms with Crippen LogP contribution in [0, 0.1) is 5.82 Å². The summed E-state index contributed by atoms with van der Waals surface area (Å²) in [4.78, 5) is 29.1. The molecule has 4 rings (SSSR count). The topological polar surface area (TPSA) is 108 Å². The second-order valence-corrected chi connectivity index (χ2v) is 10.1. The predicted molar refractivity (Wildman–Crippen MR) is 141 cm³/mol. The molecule has 0 saturated carbocycles. The van der Waals surface area contributed by atoms with Gasteiger partial charge in [0.2, 0.25) is 0 Å². The minimum absolute atomic E-state index is 0.0807. The molecule has 9 nitrogen and oxygen atoms in total. The van der Waals surface area contributed by atoms with Crippen LogP contribution in [0.5, 0.6) is 11.5 Å². The zero-order valence-corrected chi connectivity index (χ0v) is 22.1. The molecule has 1 aliphatic rings. The van der Waals surface area contributed by atoms with Gasteiger partial charge in [-0.2, -0.15) is 0 Å². The molecule has 3 atom stereocenters. The van der Waals surface area contributed by atoms with Gasteiger partial charge < -0.3 is 29.6 Å². The average Bonchev–Trinajstić information content (AvgIpc) is 3.23. The molecule has 2 N–H and O–H groups in total. The SMILES string of the molecule is CC(C)(C)OC(=O)OC1CN[C@H](Cc2ccc(Oc3cccnc3)cc2)[C@@H]1OC(=O)NCc1cccc(F)c1. The first-order chi connectivity index (χ1) is 18.6. The maximum Gasteiger partial charge on any atom is 0.509 e. The molecule has 39 heavy (non-hydrogen) atoms. The summed E-state index contributed by atoms with van der Waals surface area (Å²) >= 11 is 0. The summed E-state index contributed by atoms with van der Waals surface area (Å²) in [6.45, 7) is 5.56. The molecule has 1 fully saturated rings. The van der Waals surface area contributed by atoms with Gasteiger partial charge in [0.05, 0.1) is 12.2 Å². The highest BCUT2D eigenvalue weighted by molar-refractivity contribution is 5.67. The lowest BCUT2D eigenvalue weighted by Crippen LogP contribution is -2.43. The molecule has 1 aromatic heterocycles. The lowest BCUT2D eigenvalue weighted by molar-refractivity contribution is -0.0518. The van der Waals surface area contributed by atoms with E-state index >= 15 is 0 Å². The molecule has 1 unspecified atom stereocenters. The van der Waals surface area contributed by atoms with E-state index in [1.165, 1.54) is 12.1 Å². The van der Waals surface area contributed by atoms with Gasteiger partial charge in [-0.1, -0.05) is 24.3 Å². The number of benzene rings is 2. The highest BCUT2D eigenvalue weighted by Crippen LogP contribution is 2.24. The summed E-state index contributed by atoms with van der Waals surface area (Å²) in [5.74, 6) is 0.884. The van der Waals surface area contributed by atoms with Crippen LogP contribution in [0.15, 0.2) is 73.1 Å². The number of aromatic nitrogens is 1. The van der Waals surface area contributed by atoms with Crippen molar-refractivity contribution in [3.63, 3.8) is 0 Å². The van der Waals surface area contributed by atoms with Crippen molar-refractivity contribution in [3.05, 3.63) is 90.0 Å². The Bertz CT molecular complexity index is 1250. The van der Waals surface area contributed by atoms with Crippen LogP contribution in [0.4, 0.5) is 14.0 Å². The van der Waals surface area contributed by atoms with E-state index in [1.807, 2.05) is 30.3 Å². The van der Waals surface area contributed by atoms with E-state index in [0.717, 1.165) is 5.56 Å². The lowest BCUT2D eigenvalue weighted by Gasteiger charge is -2.26. The Kier molecular flexibility index (Phi) is 8.98. The lowest BCUT2D eigenvalue weighted by atomic mass is 10.0. The first kappa shape index (κ1) is 27.8. The van der Waals surface area contributed by atoms with Gasteiger partial charge in [0.15, 0.2) is 12.2 Å². The average molecular weight is 538 g/mol. The molecule has 10 heteroatoms. The number of carbonyl (C=O) groups is 2. The van der Waals surface area contributed by atoms with Gasteiger partial charge in [-0.25, -0.2) is 14.0 Å². The number of hydrogen-bond donors (Lipinski definition) is 2. The normalized spacial score (nSPS) is 18.7. The van der Waals surface area contributed by atoms with E-state index in [9.17, 15) is 14.0 Å². The molecule has 3 aromatic rings. The minimum Gasteiger partial charge on any atom is -0.456 e. The summed E-state index contributed by atoms with van der Waals surface area (Å²) in [5.41, 5.74) is 0.807. The van der Waals surface area contributed by atoms with Gasteiger partial charge in [-0.3, -0.25) is 4.98 Å². The maximum absolute atomic E-state index is 13.5. The number of rotatable bonds is 8. The Labute approximate surface area is 226 Å². The van der Waals surface area contributed by atoms with Gasteiger partial charge in [0.25, 0.3) is 0 Å². The summed E-state index contributed by atoms with van der Waals surface area (Å²) in [6.07, 6.45) is 0.668. The quantitative estimate of drug-likeness (QED) is 0.380. The third-order valence-corrected chi connectivity index (χ3v) is 5.80. The Morgan fingerprint density at radius 3 is 2.51 bits per heavy atom. The summed E-state index contributed by atoms with van der Waals surface area (Å²) in [6, 6.07) is 16.7. The van der Waals surface area contributed by atoms with Crippen molar-refractivity contribution in [2.45, 2.75) is 57.6 Å². The number of ether oxygens (including phenoxy) is 4. The minimum atomic E-state index is -0.847. The molecule has 1 amide bonds. The Morgan fingerprint density at radius 1 is 1.03 bits per heavy atom. The second kappa shape index (κ2) is 12.6. The van der Waals surface area contributed by atoms with Crippen LogP contribution in [0.1, 0.15) is 31.9 Å². The van der Waals surface area contributed by atoms with E-state index in [1.54, 1.807) is 51.4 Å². The van der Waals surface area contributed by atoms with Crippen molar-refractivity contribution in [1.82, 2.24) is 15.6 Å². The number of alkyl carbamates (subject to hydrolysis) is 1. The van der Waals surface area contributed by atoms with Crippen LogP contribution in [0.3, 0.4) is 0 Å². The number of nitrogens with one attached hydrogen (secondary N) is 2. The molecule has 0 bridgehead atoms. The van der Waals surface area contributed by atoms with Gasteiger partial charge >= 0.3 is 12.2 Å². The van der Waals surface area contributed by atoms with Crippen molar-refractivity contribution in [3.8, 4) is 11.5 Å². The highest BCUT2D eigenvalue weighted by atomic mass is 19.1. The van der Waals surface area contributed by atoms with E-state index in [-0.39, 0.29) is 19.1 Å². The first-order valence-corrected chi connectivity index (χ1v) is 12.6. The summed E-state index contributed by atoms with van der Waals surface area (Å²) in [7, 11) is 0. The molecule has 0 spiro atoms. The summed E-state index contributed by atoms with van der Waals surface area (Å²) < 4.78 is 35.8. The van der Waals surface area contributed by atoms with Crippen LogP contribution < -0.4 is 15.4 Å². The third kappa shape index (κ3) is 8.68. The van der Waals surface area contributed by atoms with Crippen molar-refractivity contribution in [1.29, 1.82) is 0 Å². The summed E-state index contributed by atoms with van der Waals surface area (Å²) in [5, 5.41) is 5.92. The fourth-order valence-corrected chi connectivity index (χ4v) is 4.09. The molecule has 2 heterocycles. The van der Waals surface area contributed by atoms with E-state index in [2.05, 4.69) is 15.6 Å². The van der Waals surface area contributed by atoms with Crippen LogP contribution in [-0.4, -0.2) is 47.6 Å². The van der Waals surface area contributed by atoms with Gasteiger partial charge in [-0.15, -0.1) is 0 Å². The molecule has 1 saturated heterocycles. The first-order valence-electron chi connectivity index (χ1n) is 12.6. The largest absolute Gasteiger partial charge is 0.509 e. The molecule has 206 valence electrons. The van der Waals surface area contributed by atoms with Crippen LogP contribution >= 0.6 is 0 Å². The molecule has 1 aliphatic heterocycles. The molecular weight excluding hydrogens is 505 g/mol. The smallest absolute Gasteiger partial charge is 0.456 e. The van der Waals surface area contributed by atoms with Crippen LogP contribution in [-0.2, 0) is 27.2 Å². The molecule has 0 radical (unpaired) electrons. The number of nitrogens with zero attached hydrogens (tertiary/aromatic N) is 1. The highest BCUT2D eigenvalue weighted by Gasteiger charge is 2.42. The monoisotopic (exact) mass is 537 g/mol. The molecular formula is C29H32FN3O6. The fourth-order valence-electron chi connectivity index (χ4n) is 4.09. The zero-order chi connectivity index (χ0) is 27.8. The van der Waals surface area contributed by atoms with Crippen LogP contribution in [0.2, 0.25) is 0 Å². The van der Waals surface area contributed by atoms with E-state index < -0.39 is 35.9 Å². The Hall–Kier alpha value is -4.18. The predicted octanol–water partition coefficient (Wildman–Crippen LogP) is 5.14. The van der Waals surface area contributed by atoms with Crippen molar-refractivity contribution in [2.24, 2.45) is 0 Å². The van der Waals surface area contributed by atoms with Crippen molar-refractivity contribution < 1.29 is 32.9 Å². The third-order valence-electron chi connectivity index (χ3n) is 5.80. The second-order valence-electron chi connectivity index (χ2n) is 10.1. The van der Waals surface area contributed by atoms with Crippen molar-refractivity contribution in [2.75, 3.05) is 6.54 Å². The Morgan fingerprint density at radius 2 is 1.82 bits per heavy atom. The number of carbonyl (C=O) groups excluding carboxylic acids is 2. The maximum atomic E-state index is 13.5.